The summed E-state index contributed by atoms with van der Waals surface area (Å²) in [6.45, 7) is 1.46. The van der Waals surface area contributed by atoms with Crippen LogP contribution in [0.25, 0.3) is 0 Å². The van der Waals surface area contributed by atoms with Gasteiger partial charge in [0, 0.05) is 12.2 Å². The zero-order chi connectivity index (χ0) is 19.4. The van der Waals surface area contributed by atoms with Crippen molar-refractivity contribution in [1.29, 1.82) is 0 Å². The van der Waals surface area contributed by atoms with Crippen molar-refractivity contribution in [3.8, 4) is 0 Å². The lowest BCUT2D eigenvalue weighted by Crippen LogP contribution is -2.35. The van der Waals surface area contributed by atoms with Gasteiger partial charge < -0.3 is 10.1 Å². The number of nitrogens with zero attached hydrogens (tertiary/aromatic N) is 1. The van der Waals surface area contributed by atoms with Crippen LogP contribution >= 0.6 is 0 Å². The smallest absolute Gasteiger partial charge is 0.308 e. The van der Waals surface area contributed by atoms with Gasteiger partial charge in [-0.05, 0) is 31.9 Å². The number of nitrogens with one attached hydrogen (secondary N) is 1. The Morgan fingerprint density at radius 3 is 2.30 bits per heavy atom. The summed E-state index contributed by atoms with van der Waals surface area (Å²) in [5.41, 5.74) is 0.606. The van der Waals surface area contributed by atoms with E-state index in [9.17, 15) is 19.2 Å². The normalized spacial score (nSPS) is 22.3. The second kappa shape index (κ2) is 8.16. The minimum atomic E-state index is -0.977. The molecule has 0 aromatic heterocycles. The summed E-state index contributed by atoms with van der Waals surface area (Å²) in [5, 5.41) is 2.65. The summed E-state index contributed by atoms with van der Waals surface area (Å²) < 4.78 is 5.12. The van der Waals surface area contributed by atoms with E-state index in [1.54, 1.807) is 24.3 Å². The van der Waals surface area contributed by atoms with E-state index in [1.165, 1.54) is 6.92 Å². The molecule has 1 saturated heterocycles. The second-order valence-corrected chi connectivity index (χ2v) is 6.72. The summed E-state index contributed by atoms with van der Waals surface area (Å²) in [7, 11) is 0. The van der Waals surface area contributed by atoms with Crippen LogP contribution in [0.4, 0.5) is 5.69 Å². The Morgan fingerprint density at radius 2 is 1.70 bits per heavy atom. The van der Waals surface area contributed by atoms with Crippen molar-refractivity contribution in [3.05, 3.63) is 42.5 Å². The maximum absolute atomic E-state index is 12.4. The van der Waals surface area contributed by atoms with Gasteiger partial charge in [0.25, 0.3) is 5.91 Å². The average Bonchev–Trinajstić information content (AvgIpc) is 2.91. The number of imide groups is 1. The molecule has 27 heavy (non-hydrogen) atoms. The number of allylic oxidation sites excluding steroid dienone is 2. The van der Waals surface area contributed by atoms with Gasteiger partial charge in [-0.25, -0.2) is 0 Å². The molecule has 2 aliphatic rings. The summed E-state index contributed by atoms with van der Waals surface area (Å²) in [4.78, 5) is 50.0. The van der Waals surface area contributed by atoms with E-state index in [-0.39, 0.29) is 36.6 Å². The van der Waals surface area contributed by atoms with Crippen LogP contribution in [0.1, 0.15) is 26.2 Å². The van der Waals surface area contributed by atoms with Crippen molar-refractivity contribution in [2.75, 3.05) is 11.9 Å². The molecule has 0 radical (unpaired) electrons. The van der Waals surface area contributed by atoms with E-state index >= 15 is 0 Å². The largest absolute Gasteiger partial charge is 0.452 e. The first-order valence-corrected chi connectivity index (χ1v) is 9.03. The van der Waals surface area contributed by atoms with Gasteiger partial charge in [0.1, 0.15) is 0 Å². The number of carbonyl (C=O) groups is 4. The van der Waals surface area contributed by atoms with E-state index in [0.717, 1.165) is 4.90 Å². The summed E-state index contributed by atoms with van der Waals surface area (Å²) in [6, 6.07) is 8.84. The zero-order valence-corrected chi connectivity index (χ0v) is 15.1. The molecule has 1 aliphatic heterocycles. The Balaban J connectivity index is 1.47. The van der Waals surface area contributed by atoms with Crippen LogP contribution in [-0.4, -0.2) is 41.2 Å². The van der Waals surface area contributed by atoms with Crippen molar-refractivity contribution >= 4 is 29.4 Å². The van der Waals surface area contributed by atoms with Gasteiger partial charge in [0.05, 0.1) is 18.3 Å². The molecule has 7 heteroatoms. The number of hydrogen-bond donors (Lipinski definition) is 1. The number of ether oxygens (including phenoxy) is 1. The topological polar surface area (TPSA) is 92.8 Å². The minimum Gasteiger partial charge on any atom is -0.452 e. The van der Waals surface area contributed by atoms with E-state index in [4.69, 9.17) is 4.74 Å². The quantitative estimate of drug-likeness (QED) is 0.469. The van der Waals surface area contributed by atoms with Crippen LogP contribution in [0.3, 0.4) is 0 Å². The van der Waals surface area contributed by atoms with Gasteiger partial charge in [-0.15, -0.1) is 0 Å². The van der Waals surface area contributed by atoms with Crippen molar-refractivity contribution in [1.82, 2.24) is 4.90 Å². The SMILES string of the molecule is C[C@H](OC(=O)CCN1C(=O)[C@H]2CC=CC[C@@H]2C1=O)C(=O)Nc1ccccc1. The molecule has 0 spiro atoms. The molecule has 3 amide bonds. The molecule has 3 atom stereocenters. The van der Waals surface area contributed by atoms with Crippen LogP contribution in [0, 0.1) is 11.8 Å². The summed E-state index contributed by atoms with van der Waals surface area (Å²) in [5.74, 6) is -2.14. The molecule has 1 aliphatic carbocycles. The van der Waals surface area contributed by atoms with E-state index in [1.807, 2.05) is 18.2 Å². The first-order valence-electron chi connectivity index (χ1n) is 9.03. The van der Waals surface area contributed by atoms with Crippen molar-refractivity contribution in [3.63, 3.8) is 0 Å². The maximum Gasteiger partial charge on any atom is 0.308 e. The van der Waals surface area contributed by atoms with Crippen LogP contribution in [-0.2, 0) is 23.9 Å². The Kier molecular flexibility index (Phi) is 5.69. The molecular formula is C20H22N2O5. The first-order chi connectivity index (χ1) is 13.0. The minimum absolute atomic E-state index is 0.0173. The molecule has 1 aromatic carbocycles. The lowest BCUT2D eigenvalue weighted by atomic mass is 9.85. The number of anilines is 1. The number of esters is 1. The molecule has 1 heterocycles. The maximum atomic E-state index is 12.4. The van der Waals surface area contributed by atoms with Crippen LogP contribution < -0.4 is 5.32 Å². The number of para-hydroxylation sites is 1. The number of amides is 3. The van der Waals surface area contributed by atoms with Crippen molar-refractivity contribution < 1.29 is 23.9 Å². The van der Waals surface area contributed by atoms with Gasteiger partial charge in [-0.2, -0.15) is 0 Å². The van der Waals surface area contributed by atoms with Crippen LogP contribution in [0.5, 0.6) is 0 Å². The molecule has 1 fully saturated rings. The third kappa shape index (κ3) is 4.24. The van der Waals surface area contributed by atoms with Gasteiger partial charge in [0.15, 0.2) is 6.10 Å². The second-order valence-electron chi connectivity index (χ2n) is 6.72. The highest BCUT2D eigenvalue weighted by molar-refractivity contribution is 6.05. The molecule has 0 unspecified atom stereocenters. The monoisotopic (exact) mass is 370 g/mol. The highest BCUT2D eigenvalue weighted by Crippen LogP contribution is 2.35. The van der Waals surface area contributed by atoms with Gasteiger partial charge in [-0.3, -0.25) is 24.1 Å². The van der Waals surface area contributed by atoms with E-state index in [0.29, 0.717) is 18.5 Å². The number of carbonyl (C=O) groups excluding carboxylic acids is 4. The fourth-order valence-corrected chi connectivity index (χ4v) is 3.37. The molecule has 0 saturated carbocycles. The molecule has 1 aromatic rings. The lowest BCUT2D eigenvalue weighted by molar-refractivity contribution is -0.154. The molecule has 0 bridgehead atoms. The van der Waals surface area contributed by atoms with Gasteiger partial charge >= 0.3 is 5.97 Å². The van der Waals surface area contributed by atoms with Gasteiger partial charge in [-0.1, -0.05) is 30.4 Å². The number of fused-ring (bicyclic) bond motifs is 1. The first kappa shape index (κ1) is 18.8. The molecular weight excluding hydrogens is 348 g/mol. The number of hydrogen-bond acceptors (Lipinski definition) is 5. The van der Waals surface area contributed by atoms with Crippen LogP contribution in [0.15, 0.2) is 42.5 Å². The number of benzene rings is 1. The fraction of sp³-hybridized carbons (Fsp3) is 0.400. The predicted octanol–water partition coefficient (Wildman–Crippen LogP) is 1.90. The third-order valence-electron chi connectivity index (χ3n) is 4.86. The highest BCUT2D eigenvalue weighted by atomic mass is 16.5. The standard InChI is InChI=1S/C20H22N2O5/c1-13(18(24)21-14-7-3-2-4-8-14)27-17(23)11-12-22-19(25)15-9-5-6-10-16(15)20(22)26/h2-8,13,15-16H,9-12H2,1H3,(H,21,24)/t13-,15-,16-/m0/s1. The molecule has 142 valence electrons. The van der Waals surface area contributed by atoms with E-state index in [2.05, 4.69) is 5.32 Å². The highest BCUT2D eigenvalue weighted by Gasteiger charge is 2.47. The summed E-state index contributed by atoms with van der Waals surface area (Å²) >= 11 is 0. The van der Waals surface area contributed by atoms with Gasteiger partial charge in [0.2, 0.25) is 11.8 Å². The van der Waals surface area contributed by atoms with Crippen molar-refractivity contribution in [2.24, 2.45) is 11.8 Å². The number of likely N-dealkylation sites (tertiary alicyclic amines) is 1. The fourth-order valence-electron chi connectivity index (χ4n) is 3.37. The van der Waals surface area contributed by atoms with Crippen LogP contribution in [0.2, 0.25) is 0 Å². The molecule has 7 nitrogen and oxygen atoms in total. The molecule has 1 N–H and O–H groups in total. The lowest BCUT2D eigenvalue weighted by Gasteiger charge is -2.16. The zero-order valence-electron chi connectivity index (χ0n) is 15.1. The summed E-state index contributed by atoms with van der Waals surface area (Å²) in [6.07, 6.45) is 3.84. The Labute approximate surface area is 157 Å². The Hall–Kier alpha value is -2.96. The number of rotatable bonds is 6. The van der Waals surface area contributed by atoms with Crippen molar-refractivity contribution in [2.45, 2.75) is 32.3 Å². The Morgan fingerprint density at radius 1 is 1.11 bits per heavy atom. The third-order valence-corrected chi connectivity index (χ3v) is 4.86. The molecule has 3 rings (SSSR count). The Bertz CT molecular complexity index is 748. The van der Waals surface area contributed by atoms with E-state index < -0.39 is 18.0 Å². The average molecular weight is 370 g/mol. The predicted molar refractivity (Wildman–Crippen MR) is 97.3 cm³/mol.